The van der Waals surface area contributed by atoms with E-state index in [9.17, 15) is 0 Å². The number of rotatable bonds is 5. The standard InChI is InChI=1S/C55H33N5S/c1-2-15-35(16-3-1)53-56-54(58-55(57-53)37-29-31-43-42-21-8-11-27-50(42)61-51(43)33-37)36-28-30-41-39-19-6-9-23-46(39)59(49(41)32-36)48-26-13-22-44-40-20-7-10-24-47(40)60(52(44)48)45-25-12-17-34-14-4-5-18-38(34)45/h1-33H. The third-order valence-corrected chi connectivity index (χ3v) is 13.3. The van der Waals surface area contributed by atoms with Crippen molar-refractivity contribution in [1.82, 2.24) is 24.1 Å². The molecule has 0 bridgehead atoms. The number of para-hydroxylation sites is 3. The molecule has 0 aliphatic rings. The van der Waals surface area contributed by atoms with E-state index in [-0.39, 0.29) is 0 Å². The summed E-state index contributed by atoms with van der Waals surface area (Å²) in [4.78, 5) is 15.6. The van der Waals surface area contributed by atoms with Crippen molar-refractivity contribution in [3.8, 4) is 45.5 Å². The van der Waals surface area contributed by atoms with Crippen LogP contribution in [0.3, 0.4) is 0 Å². The first-order valence-corrected chi connectivity index (χ1v) is 21.3. The molecule has 0 atom stereocenters. The number of fused-ring (bicyclic) bond motifs is 10. The molecule has 4 heterocycles. The molecule has 0 fully saturated rings. The number of nitrogens with zero attached hydrogens (tertiary/aromatic N) is 5. The number of aromatic nitrogens is 5. The molecular formula is C55H33N5S. The first-order chi connectivity index (χ1) is 30.2. The molecule has 0 unspecified atom stereocenters. The Morgan fingerprint density at radius 1 is 0.311 bits per heavy atom. The third-order valence-electron chi connectivity index (χ3n) is 12.2. The zero-order valence-corrected chi connectivity index (χ0v) is 33.5. The molecule has 4 aromatic heterocycles. The molecule has 0 radical (unpaired) electrons. The van der Waals surface area contributed by atoms with Crippen LogP contribution in [-0.2, 0) is 0 Å². The Kier molecular flexibility index (Phi) is 7.41. The fourth-order valence-corrected chi connectivity index (χ4v) is 10.6. The number of hydrogen-bond donors (Lipinski definition) is 0. The first kappa shape index (κ1) is 34.0. The lowest BCUT2D eigenvalue weighted by molar-refractivity contribution is 1.07. The summed E-state index contributed by atoms with van der Waals surface area (Å²) in [5.74, 6) is 1.91. The molecule has 0 saturated carbocycles. The zero-order chi connectivity index (χ0) is 40.0. The molecule has 284 valence electrons. The van der Waals surface area contributed by atoms with Gasteiger partial charge in [-0.2, -0.15) is 0 Å². The van der Waals surface area contributed by atoms with Gasteiger partial charge in [-0.25, -0.2) is 15.0 Å². The van der Waals surface area contributed by atoms with Crippen molar-refractivity contribution in [2.24, 2.45) is 0 Å². The predicted octanol–water partition coefficient (Wildman–Crippen LogP) is 14.6. The highest BCUT2D eigenvalue weighted by molar-refractivity contribution is 7.25. The lowest BCUT2D eigenvalue weighted by Crippen LogP contribution is -2.02. The number of hydrogen-bond acceptors (Lipinski definition) is 4. The summed E-state index contributed by atoms with van der Waals surface area (Å²) in [6.07, 6.45) is 0. The van der Waals surface area contributed by atoms with Crippen LogP contribution in [0.2, 0.25) is 0 Å². The van der Waals surface area contributed by atoms with Crippen molar-refractivity contribution in [3.63, 3.8) is 0 Å². The van der Waals surface area contributed by atoms with Crippen molar-refractivity contribution in [3.05, 3.63) is 200 Å². The monoisotopic (exact) mass is 795 g/mol. The van der Waals surface area contributed by atoms with E-state index in [2.05, 4.69) is 191 Å². The van der Waals surface area contributed by atoms with E-state index in [4.69, 9.17) is 15.0 Å². The average Bonchev–Trinajstić information content (AvgIpc) is 3.99. The van der Waals surface area contributed by atoms with Gasteiger partial charge >= 0.3 is 0 Å². The molecule has 0 spiro atoms. The van der Waals surface area contributed by atoms with Crippen LogP contribution in [0, 0.1) is 0 Å². The summed E-state index contributed by atoms with van der Waals surface area (Å²) in [5.41, 5.74) is 9.61. The van der Waals surface area contributed by atoms with E-state index in [1.807, 2.05) is 18.2 Å². The average molecular weight is 796 g/mol. The van der Waals surface area contributed by atoms with Crippen LogP contribution in [0.25, 0.3) is 120 Å². The second kappa shape index (κ2) is 13.3. The zero-order valence-electron chi connectivity index (χ0n) is 32.7. The maximum absolute atomic E-state index is 5.25. The van der Waals surface area contributed by atoms with E-state index in [1.54, 1.807) is 11.3 Å². The first-order valence-electron chi connectivity index (χ1n) is 20.5. The summed E-state index contributed by atoms with van der Waals surface area (Å²) in [7, 11) is 0. The van der Waals surface area contributed by atoms with Crippen LogP contribution in [0.4, 0.5) is 0 Å². The van der Waals surface area contributed by atoms with Crippen molar-refractivity contribution in [2.45, 2.75) is 0 Å². The van der Waals surface area contributed by atoms with Crippen LogP contribution < -0.4 is 0 Å². The quantitative estimate of drug-likeness (QED) is 0.174. The van der Waals surface area contributed by atoms with Gasteiger partial charge in [0.2, 0.25) is 0 Å². The second-order valence-corrected chi connectivity index (χ2v) is 16.7. The summed E-state index contributed by atoms with van der Waals surface area (Å²) in [6, 6.07) is 71.5. The molecule has 6 heteroatoms. The van der Waals surface area contributed by atoms with Crippen LogP contribution in [0.5, 0.6) is 0 Å². The molecule has 0 aliphatic heterocycles. The minimum atomic E-state index is 0.627. The summed E-state index contributed by atoms with van der Waals surface area (Å²) in [6.45, 7) is 0. The lowest BCUT2D eigenvalue weighted by Gasteiger charge is -2.16. The number of benzene rings is 9. The second-order valence-electron chi connectivity index (χ2n) is 15.6. The molecule has 61 heavy (non-hydrogen) atoms. The Balaban J connectivity index is 1.07. The van der Waals surface area contributed by atoms with E-state index >= 15 is 0 Å². The largest absolute Gasteiger partial charge is 0.307 e. The molecule has 0 aliphatic carbocycles. The maximum atomic E-state index is 5.25. The molecule has 0 amide bonds. The molecule has 9 aromatic carbocycles. The normalized spacial score (nSPS) is 11.9. The third kappa shape index (κ3) is 5.22. The fourth-order valence-electron chi connectivity index (χ4n) is 9.42. The van der Waals surface area contributed by atoms with Crippen LogP contribution in [0.1, 0.15) is 0 Å². The van der Waals surface area contributed by atoms with E-state index < -0.39 is 0 Å². The smallest absolute Gasteiger partial charge is 0.164 e. The number of thiophene rings is 1. The molecule has 5 nitrogen and oxygen atoms in total. The maximum Gasteiger partial charge on any atom is 0.164 e. The SMILES string of the molecule is c1ccc(-c2nc(-c3ccc4c(c3)sc3ccccc34)nc(-c3ccc4c5ccccc5n(-c5cccc6c7ccccc7n(-c7cccc8ccccc78)c56)c4c3)n2)cc1. The van der Waals surface area contributed by atoms with Gasteiger partial charge in [0.1, 0.15) is 0 Å². The van der Waals surface area contributed by atoms with Gasteiger partial charge in [0.05, 0.1) is 33.4 Å². The van der Waals surface area contributed by atoms with Gasteiger partial charge in [-0.05, 0) is 47.9 Å². The highest BCUT2D eigenvalue weighted by Crippen LogP contribution is 2.42. The van der Waals surface area contributed by atoms with Crippen molar-refractivity contribution in [1.29, 1.82) is 0 Å². The summed E-state index contributed by atoms with van der Waals surface area (Å²) < 4.78 is 7.38. The van der Waals surface area contributed by atoms with Gasteiger partial charge in [-0.15, -0.1) is 11.3 Å². The Morgan fingerprint density at radius 2 is 0.836 bits per heavy atom. The lowest BCUT2D eigenvalue weighted by atomic mass is 10.1. The molecule has 13 rings (SSSR count). The Bertz CT molecular complexity index is 3890. The van der Waals surface area contributed by atoms with Gasteiger partial charge in [0, 0.05) is 63.8 Å². The molecule has 0 N–H and O–H groups in total. The van der Waals surface area contributed by atoms with Crippen LogP contribution >= 0.6 is 11.3 Å². The Hall–Kier alpha value is -7.93. The highest BCUT2D eigenvalue weighted by Gasteiger charge is 2.22. The molecular weight excluding hydrogens is 763 g/mol. The van der Waals surface area contributed by atoms with Gasteiger partial charge in [-0.1, -0.05) is 158 Å². The summed E-state index contributed by atoms with van der Waals surface area (Å²) in [5, 5.41) is 9.70. The molecule has 13 aromatic rings. The van der Waals surface area contributed by atoms with Crippen molar-refractivity contribution >= 4 is 85.9 Å². The van der Waals surface area contributed by atoms with Gasteiger partial charge in [0.15, 0.2) is 17.5 Å². The van der Waals surface area contributed by atoms with Gasteiger partial charge in [-0.3, -0.25) is 0 Å². The van der Waals surface area contributed by atoms with Gasteiger partial charge in [0.25, 0.3) is 0 Å². The Morgan fingerprint density at radius 3 is 1.64 bits per heavy atom. The van der Waals surface area contributed by atoms with E-state index in [0.717, 1.165) is 50.0 Å². The highest BCUT2D eigenvalue weighted by atomic mass is 32.1. The van der Waals surface area contributed by atoms with Crippen LogP contribution in [0.15, 0.2) is 200 Å². The molecule has 0 saturated heterocycles. The minimum absolute atomic E-state index is 0.627. The summed E-state index contributed by atoms with van der Waals surface area (Å²) >= 11 is 1.80. The van der Waals surface area contributed by atoms with E-state index in [0.29, 0.717) is 17.5 Å². The van der Waals surface area contributed by atoms with Crippen molar-refractivity contribution < 1.29 is 0 Å². The fraction of sp³-hybridized carbons (Fsp3) is 0. The Labute approximate surface area is 354 Å². The van der Waals surface area contributed by atoms with E-state index in [1.165, 1.54) is 52.6 Å². The topological polar surface area (TPSA) is 48.5 Å². The van der Waals surface area contributed by atoms with Crippen molar-refractivity contribution in [2.75, 3.05) is 0 Å². The minimum Gasteiger partial charge on any atom is -0.307 e. The van der Waals surface area contributed by atoms with Crippen LogP contribution in [-0.4, -0.2) is 24.1 Å². The predicted molar refractivity (Wildman–Crippen MR) is 255 cm³/mol. The van der Waals surface area contributed by atoms with Gasteiger partial charge < -0.3 is 9.13 Å².